The van der Waals surface area contributed by atoms with E-state index >= 15 is 0 Å². The van der Waals surface area contributed by atoms with E-state index in [0.29, 0.717) is 0 Å². The Morgan fingerprint density at radius 2 is 2.00 bits per heavy atom. The van der Waals surface area contributed by atoms with Crippen LogP contribution in [0.4, 0.5) is 4.39 Å². The van der Waals surface area contributed by atoms with E-state index in [1.165, 1.54) is 0 Å². The van der Waals surface area contributed by atoms with Crippen LogP contribution >= 0.6 is 12.4 Å². The Morgan fingerprint density at radius 3 is 2.00 bits per heavy atom. The number of rotatable bonds is 1. The Labute approximate surface area is 42.4 Å². The predicted octanol–water partition coefficient (Wildman–Crippen LogP) is 0.849. The Hall–Kier alpha value is -0.0800. The van der Waals surface area contributed by atoms with E-state index in [2.05, 4.69) is 12.3 Å². The fourth-order valence-electron chi connectivity index (χ4n) is 0. The largest absolute Gasteiger partial charge is 0.298 e. The molecule has 38 valence electrons. The summed E-state index contributed by atoms with van der Waals surface area (Å²) in [4.78, 5) is 0. The molecule has 0 fully saturated rings. The summed E-state index contributed by atoms with van der Waals surface area (Å²) in [6.45, 7) is 3.06. The number of nitrogens with two attached hydrogens (primary N) is 1. The first-order chi connectivity index (χ1) is 2.27. The van der Waals surface area contributed by atoms with Crippen LogP contribution in [0.3, 0.4) is 0 Å². The van der Waals surface area contributed by atoms with Crippen molar-refractivity contribution in [2.75, 3.05) is 0 Å². The third kappa shape index (κ3) is 9.07. The molecule has 0 radical (unpaired) electrons. The summed E-state index contributed by atoms with van der Waals surface area (Å²) in [5, 5.41) is 0. The molecule has 0 bridgehead atoms. The number of hydrogen-bond donors (Lipinski definition) is 1. The summed E-state index contributed by atoms with van der Waals surface area (Å²) in [5.41, 5.74) is 4.51. The number of halogens is 2. The molecule has 2 N–H and O–H groups in total. The van der Waals surface area contributed by atoms with Gasteiger partial charge in [0.25, 0.3) is 0 Å². The van der Waals surface area contributed by atoms with Gasteiger partial charge in [-0.05, 0) is 6.08 Å². The average molecular weight is 112 g/mol. The highest BCUT2D eigenvalue weighted by Gasteiger charge is 1.79. The van der Waals surface area contributed by atoms with Gasteiger partial charge < -0.3 is 0 Å². The molecule has 0 amide bonds. The highest BCUT2D eigenvalue weighted by atomic mass is 35.5. The molecule has 0 aromatic carbocycles. The predicted molar refractivity (Wildman–Crippen MR) is 26.5 cm³/mol. The van der Waals surface area contributed by atoms with E-state index in [-0.39, 0.29) is 12.4 Å². The van der Waals surface area contributed by atoms with Gasteiger partial charge in [-0.15, -0.1) is 12.4 Å². The minimum Gasteiger partial charge on any atom is -0.298 e. The number of alkyl halides is 1. The van der Waals surface area contributed by atoms with E-state index in [1.807, 2.05) is 0 Å². The molecule has 0 rings (SSSR count). The van der Waals surface area contributed by atoms with E-state index in [0.717, 1.165) is 6.08 Å². The summed E-state index contributed by atoms with van der Waals surface area (Å²) < 4.78 is 11.1. The Morgan fingerprint density at radius 1 is 1.83 bits per heavy atom. The standard InChI is InChI=1S/C3H6FN.ClH/c1-2-3(4)5;/h2-3H,1,5H2;1H. The molecule has 3 heteroatoms. The fourth-order valence-corrected chi connectivity index (χ4v) is 0. The van der Waals surface area contributed by atoms with Crippen molar-refractivity contribution < 1.29 is 4.39 Å². The van der Waals surface area contributed by atoms with Crippen LogP contribution in [-0.4, -0.2) is 6.30 Å². The minimum absolute atomic E-state index is 0. The summed E-state index contributed by atoms with van der Waals surface area (Å²) in [6.07, 6.45) is -0.324. The molecule has 1 unspecified atom stereocenters. The van der Waals surface area contributed by atoms with Gasteiger partial charge in [0.2, 0.25) is 0 Å². The van der Waals surface area contributed by atoms with Crippen LogP contribution in [0.5, 0.6) is 0 Å². The van der Waals surface area contributed by atoms with Gasteiger partial charge in [-0.3, -0.25) is 5.73 Å². The van der Waals surface area contributed by atoms with Gasteiger partial charge in [-0.1, -0.05) is 6.58 Å². The lowest BCUT2D eigenvalue weighted by molar-refractivity contribution is 0.413. The smallest absolute Gasteiger partial charge is 0.167 e. The minimum atomic E-state index is -1.35. The van der Waals surface area contributed by atoms with Gasteiger partial charge in [-0.25, -0.2) is 4.39 Å². The van der Waals surface area contributed by atoms with Gasteiger partial charge >= 0.3 is 0 Å². The second-order valence-electron chi connectivity index (χ2n) is 0.680. The molecule has 0 saturated carbocycles. The molecule has 0 spiro atoms. The molecule has 0 saturated heterocycles. The van der Waals surface area contributed by atoms with Crippen molar-refractivity contribution >= 4 is 12.4 Å². The summed E-state index contributed by atoms with van der Waals surface area (Å²) in [6, 6.07) is 0. The van der Waals surface area contributed by atoms with Crippen molar-refractivity contribution in [2.24, 2.45) is 5.73 Å². The molecular weight excluding hydrogens is 104 g/mol. The molecule has 0 aliphatic heterocycles. The van der Waals surface area contributed by atoms with Crippen LogP contribution in [0.25, 0.3) is 0 Å². The highest BCUT2D eigenvalue weighted by Crippen LogP contribution is 1.73. The maximum absolute atomic E-state index is 11.1. The maximum atomic E-state index is 11.1. The lowest BCUT2D eigenvalue weighted by Crippen LogP contribution is -2.06. The van der Waals surface area contributed by atoms with E-state index in [9.17, 15) is 4.39 Å². The molecule has 0 aromatic rings. The van der Waals surface area contributed by atoms with Crippen molar-refractivity contribution in [3.8, 4) is 0 Å². The molecule has 0 aromatic heterocycles. The van der Waals surface area contributed by atoms with Crippen molar-refractivity contribution in [3.05, 3.63) is 12.7 Å². The molecule has 1 nitrogen and oxygen atoms in total. The third-order valence-corrected chi connectivity index (χ3v) is 0.225. The van der Waals surface area contributed by atoms with Crippen LogP contribution in [-0.2, 0) is 0 Å². The van der Waals surface area contributed by atoms with E-state index in [1.54, 1.807) is 0 Å². The van der Waals surface area contributed by atoms with Crippen LogP contribution < -0.4 is 5.73 Å². The average Bonchev–Trinajstić information content (AvgIpc) is 1.38. The van der Waals surface area contributed by atoms with Crippen molar-refractivity contribution in [1.29, 1.82) is 0 Å². The van der Waals surface area contributed by atoms with Crippen LogP contribution in [0, 0.1) is 0 Å². The lowest BCUT2D eigenvalue weighted by atomic mass is 10.6. The first-order valence-electron chi connectivity index (χ1n) is 1.29. The third-order valence-electron chi connectivity index (χ3n) is 0.225. The van der Waals surface area contributed by atoms with Gasteiger partial charge in [0.15, 0.2) is 6.30 Å². The Balaban J connectivity index is 0. The van der Waals surface area contributed by atoms with Crippen LogP contribution in [0.1, 0.15) is 0 Å². The second kappa shape index (κ2) is 4.92. The zero-order valence-electron chi connectivity index (χ0n) is 3.23. The SMILES string of the molecule is C=CC(N)F.Cl. The normalized spacial score (nSPS) is 11.7. The Kier molecular flexibility index (Phi) is 7.65. The summed E-state index contributed by atoms with van der Waals surface area (Å²) in [5.74, 6) is 0. The topological polar surface area (TPSA) is 26.0 Å². The van der Waals surface area contributed by atoms with Gasteiger partial charge in [0.1, 0.15) is 0 Å². The lowest BCUT2D eigenvalue weighted by Gasteiger charge is -1.81. The Bertz CT molecular complexity index is 37.8. The first-order valence-corrected chi connectivity index (χ1v) is 1.29. The summed E-state index contributed by atoms with van der Waals surface area (Å²) >= 11 is 0. The van der Waals surface area contributed by atoms with Crippen LogP contribution in [0.15, 0.2) is 12.7 Å². The molecule has 0 aliphatic rings. The molecular formula is C3H7ClFN. The highest BCUT2D eigenvalue weighted by molar-refractivity contribution is 5.85. The van der Waals surface area contributed by atoms with Crippen molar-refractivity contribution in [2.45, 2.75) is 6.30 Å². The van der Waals surface area contributed by atoms with Crippen LogP contribution in [0.2, 0.25) is 0 Å². The quantitative estimate of drug-likeness (QED) is 0.394. The number of hydrogen-bond acceptors (Lipinski definition) is 1. The van der Waals surface area contributed by atoms with E-state index < -0.39 is 6.30 Å². The van der Waals surface area contributed by atoms with Gasteiger partial charge in [-0.2, -0.15) is 0 Å². The molecule has 6 heavy (non-hydrogen) atoms. The zero-order valence-corrected chi connectivity index (χ0v) is 4.04. The fraction of sp³-hybridized carbons (Fsp3) is 0.333. The summed E-state index contributed by atoms with van der Waals surface area (Å²) in [7, 11) is 0. The van der Waals surface area contributed by atoms with Gasteiger partial charge in [0.05, 0.1) is 0 Å². The second-order valence-corrected chi connectivity index (χ2v) is 0.680. The van der Waals surface area contributed by atoms with Gasteiger partial charge in [0, 0.05) is 0 Å². The van der Waals surface area contributed by atoms with Crippen molar-refractivity contribution in [1.82, 2.24) is 0 Å². The molecule has 1 atom stereocenters. The van der Waals surface area contributed by atoms with Crippen molar-refractivity contribution in [3.63, 3.8) is 0 Å². The maximum Gasteiger partial charge on any atom is 0.167 e. The monoisotopic (exact) mass is 111 g/mol. The molecule has 0 heterocycles. The van der Waals surface area contributed by atoms with E-state index in [4.69, 9.17) is 0 Å². The first kappa shape index (κ1) is 9.33. The zero-order chi connectivity index (χ0) is 4.28. The molecule has 0 aliphatic carbocycles.